The van der Waals surface area contributed by atoms with Crippen LogP contribution < -0.4 is 10.6 Å². The standard InChI is InChI=1S/C30H30N4/c1-23-13-17-27(18-14-23)33-29(31-21-25-9-5-3-6-10-25)30(32-22-26-11-7-4-8-12-26)34-28-19-15-24(2)16-20-28/h3-20H,21-22H2,1-2H3,(H,31,33)(H,32,34). The molecule has 4 rings (SSSR count). The van der Waals surface area contributed by atoms with E-state index in [4.69, 9.17) is 9.98 Å². The van der Waals surface area contributed by atoms with Crippen LogP contribution in [0, 0.1) is 13.8 Å². The average molecular weight is 447 g/mol. The number of nitrogens with one attached hydrogen (secondary N) is 2. The summed E-state index contributed by atoms with van der Waals surface area (Å²) in [6.45, 7) is 5.27. The van der Waals surface area contributed by atoms with Crippen molar-refractivity contribution < 1.29 is 0 Å². The normalized spacial score (nSPS) is 11.8. The summed E-state index contributed by atoms with van der Waals surface area (Å²) in [6, 6.07) is 37.1. The van der Waals surface area contributed by atoms with Crippen LogP contribution in [0.1, 0.15) is 22.3 Å². The first kappa shape index (κ1) is 23.0. The van der Waals surface area contributed by atoms with E-state index < -0.39 is 0 Å². The fourth-order valence-corrected chi connectivity index (χ4v) is 3.40. The molecule has 0 aliphatic heterocycles. The van der Waals surface area contributed by atoms with E-state index in [-0.39, 0.29) is 0 Å². The quantitative estimate of drug-likeness (QED) is 0.247. The van der Waals surface area contributed by atoms with Gasteiger partial charge in [-0.05, 0) is 49.2 Å². The fourth-order valence-electron chi connectivity index (χ4n) is 3.40. The summed E-state index contributed by atoms with van der Waals surface area (Å²) in [5, 5.41) is 7.00. The molecular formula is C30H30N4. The molecule has 170 valence electrons. The second kappa shape index (κ2) is 11.6. The lowest BCUT2D eigenvalue weighted by atomic mass is 10.2. The average Bonchev–Trinajstić information content (AvgIpc) is 2.88. The summed E-state index contributed by atoms with van der Waals surface area (Å²) in [5.41, 5.74) is 6.64. The zero-order valence-electron chi connectivity index (χ0n) is 19.7. The molecule has 0 saturated heterocycles. The minimum Gasteiger partial charge on any atom is -0.337 e. The SMILES string of the molecule is Cc1ccc(NC(=NCc2ccccc2)C(=NCc2ccccc2)Nc2ccc(C)cc2)cc1. The minimum absolute atomic E-state index is 0.551. The molecular weight excluding hydrogens is 416 g/mol. The second-order valence-electron chi connectivity index (χ2n) is 8.28. The molecule has 0 heterocycles. The smallest absolute Gasteiger partial charge is 0.169 e. The summed E-state index contributed by atoms with van der Waals surface area (Å²) in [5.74, 6) is 1.40. The molecule has 2 N–H and O–H groups in total. The van der Waals surface area contributed by atoms with Gasteiger partial charge in [0.2, 0.25) is 0 Å². The van der Waals surface area contributed by atoms with E-state index in [9.17, 15) is 0 Å². The van der Waals surface area contributed by atoms with E-state index in [1.165, 1.54) is 11.1 Å². The lowest BCUT2D eigenvalue weighted by molar-refractivity contribution is 1.05. The Kier molecular flexibility index (Phi) is 7.86. The minimum atomic E-state index is 0.551. The molecule has 4 aromatic carbocycles. The Morgan fingerprint density at radius 1 is 0.500 bits per heavy atom. The van der Waals surface area contributed by atoms with Crippen molar-refractivity contribution in [1.82, 2.24) is 0 Å². The molecule has 0 saturated carbocycles. The van der Waals surface area contributed by atoms with Crippen LogP contribution >= 0.6 is 0 Å². The first-order chi connectivity index (χ1) is 16.7. The molecule has 0 atom stereocenters. The summed E-state index contributed by atoms with van der Waals surface area (Å²) in [4.78, 5) is 9.90. The largest absolute Gasteiger partial charge is 0.337 e. The number of aliphatic imine (C=N–C) groups is 2. The van der Waals surface area contributed by atoms with E-state index in [1.807, 2.05) is 36.4 Å². The molecule has 0 aromatic heterocycles. The van der Waals surface area contributed by atoms with Crippen LogP contribution in [0.5, 0.6) is 0 Å². The molecule has 34 heavy (non-hydrogen) atoms. The van der Waals surface area contributed by atoms with Gasteiger partial charge in [0.25, 0.3) is 0 Å². The molecule has 0 aliphatic rings. The van der Waals surface area contributed by atoms with Gasteiger partial charge in [-0.15, -0.1) is 0 Å². The first-order valence-electron chi connectivity index (χ1n) is 11.5. The van der Waals surface area contributed by atoms with Gasteiger partial charge in [0.05, 0.1) is 13.1 Å². The molecule has 0 fully saturated rings. The van der Waals surface area contributed by atoms with Gasteiger partial charge in [-0.1, -0.05) is 96.1 Å². The number of nitrogens with zero attached hydrogens (tertiary/aromatic N) is 2. The highest BCUT2D eigenvalue weighted by molar-refractivity contribution is 6.48. The molecule has 0 spiro atoms. The predicted octanol–water partition coefficient (Wildman–Crippen LogP) is 7.02. The van der Waals surface area contributed by atoms with Crippen LogP contribution in [0.2, 0.25) is 0 Å². The third kappa shape index (κ3) is 6.91. The van der Waals surface area contributed by atoms with E-state index in [1.54, 1.807) is 0 Å². The van der Waals surface area contributed by atoms with Crippen LogP contribution in [0.4, 0.5) is 11.4 Å². The summed E-state index contributed by atoms with van der Waals surface area (Å²) in [7, 11) is 0. The Bertz CT molecular complexity index is 1130. The molecule has 4 nitrogen and oxygen atoms in total. The van der Waals surface area contributed by atoms with Crippen molar-refractivity contribution in [1.29, 1.82) is 0 Å². The zero-order valence-corrected chi connectivity index (χ0v) is 19.7. The van der Waals surface area contributed by atoms with E-state index in [0.717, 1.165) is 22.5 Å². The van der Waals surface area contributed by atoms with Gasteiger partial charge in [0.15, 0.2) is 11.7 Å². The van der Waals surface area contributed by atoms with Gasteiger partial charge in [-0.25, -0.2) is 0 Å². The molecule has 4 aromatic rings. The Balaban J connectivity index is 1.69. The number of anilines is 2. The maximum Gasteiger partial charge on any atom is 0.169 e. The van der Waals surface area contributed by atoms with Gasteiger partial charge >= 0.3 is 0 Å². The maximum atomic E-state index is 4.95. The number of aryl methyl sites for hydroxylation is 2. The summed E-state index contributed by atoms with van der Waals surface area (Å²) in [6.07, 6.45) is 0. The highest BCUT2D eigenvalue weighted by Gasteiger charge is 2.11. The van der Waals surface area contributed by atoms with Crippen LogP contribution in [0.15, 0.2) is 119 Å². The van der Waals surface area contributed by atoms with Crippen molar-refractivity contribution in [2.75, 3.05) is 10.6 Å². The number of benzene rings is 4. The monoisotopic (exact) mass is 446 g/mol. The lowest BCUT2D eigenvalue weighted by Gasteiger charge is -2.16. The van der Waals surface area contributed by atoms with Crippen LogP contribution in [0.3, 0.4) is 0 Å². The van der Waals surface area contributed by atoms with Gasteiger partial charge < -0.3 is 10.6 Å². The Morgan fingerprint density at radius 3 is 1.21 bits per heavy atom. The first-order valence-corrected chi connectivity index (χ1v) is 11.5. The summed E-state index contributed by atoms with van der Waals surface area (Å²) >= 11 is 0. The van der Waals surface area contributed by atoms with Crippen LogP contribution in [0.25, 0.3) is 0 Å². The van der Waals surface area contributed by atoms with Crippen LogP contribution in [-0.4, -0.2) is 11.7 Å². The van der Waals surface area contributed by atoms with Crippen LogP contribution in [-0.2, 0) is 13.1 Å². The van der Waals surface area contributed by atoms with Crippen molar-refractivity contribution in [2.45, 2.75) is 26.9 Å². The molecule has 0 radical (unpaired) electrons. The van der Waals surface area contributed by atoms with E-state index in [2.05, 4.69) is 97.3 Å². The summed E-state index contributed by atoms with van der Waals surface area (Å²) < 4.78 is 0. The van der Waals surface area contributed by atoms with E-state index in [0.29, 0.717) is 24.8 Å². The van der Waals surface area contributed by atoms with Crippen molar-refractivity contribution >= 4 is 23.0 Å². The van der Waals surface area contributed by atoms with Crippen molar-refractivity contribution in [3.63, 3.8) is 0 Å². The molecule has 0 bridgehead atoms. The molecule has 0 unspecified atom stereocenters. The van der Waals surface area contributed by atoms with Gasteiger partial charge in [0, 0.05) is 11.4 Å². The lowest BCUT2D eigenvalue weighted by Crippen LogP contribution is -2.30. The maximum absolute atomic E-state index is 4.95. The molecule has 0 amide bonds. The van der Waals surface area contributed by atoms with Gasteiger partial charge in [-0.3, -0.25) is 9.98 Å². The van der Waals surface area contributed by atoms with Crippen molar-refractivity contribution in [3.8, 4) is 0 Å². The highest BCUT2D eigenvalue weighted by atomic mass is 15.1. The van der Waals surface area contributed by atoms with Gasteiger partial charge in [-0.2, -0.15) is 0 Å². The predicted molar refractivity (Wildman–Crippen MR) is 145 cm³/mol. The Hall–Kier alpha value is -4.18. The second-order valence-corrected chi connectivity index (χ2v) is 8.28. The topological polar surface area (TPSA) is 48.8 Å². The third-order valence-electron chi connectivity index (χ3n) is 5.38. The zero-order chi connectivity index (χ0) is 23.6. The Morgan fingerprint density at radius 2 is 0.853 bits per heavy atom. The number of rotatable bonds is 6. The van der Waals surface area contributed by atoms with Gasteiger partial charge in [0.1, 0.15) is 0 Å². The molecule has 4 heteroatoms. The highest BCUT2D eigenvalue weighted by Crippen LogP contribution is 2.14. The number of amidine groups is 2. The number of hydrogen-bond acceptors (Lipinski definition) is 2. The van der Waals surface area contributed by atoms with Crippen molar-refractivity contribution in [2.24, 2.45) is 9.98 Å². The van der Waals surface area contributed by atoms with Crippen molar-refractivity contribution in [3.05, 3.63) is 131 Å². The Labute approximate surface area is 202 Å². The molecule has 0 aliphatic carbocycles. The van der Waals surface area contributed by atoms with E-state index >= 15 is 0 Å². The fraction of sp³-hybridized carbons (Fsp3) is 0.133. The number of hydrogen-bond donors (Lipinski definition) is 2. The third-order valence-corrected chi connectivity index (χ3v) is 5.38.